The molecule has 0 aromatic heterocycles. The summed E-state index contributed by atoms with van der Waals surface area (Å²) in [6.45, 7) is 4.37. The Kier molecular flexibility index (Phi) is 4.57. The Hall–Kier alpha value is -1.11. The molecule has 1 aromatic rings. The molecule has 1 aromatic carbocycles. The van der Waals surface area contributed by atoms with Crippen molar-refractivity contribution in [2.45, 2.75) is 58.3 Å². The molecule has 1 unspecified atom stereocenters. The fourth-order valence-corrected chi connectivity index (χ4v) is 2.89. The van der Waals surface area contributed by atoms with Crippen molar-refractivity contribution >= 4 is 5.78 Å². The second kappa shape index (κ2) is 6.17. The molecule has 0 saturated heterocycles. The van der Waals surface area contributed by atoms with Crippen LogP contribution >= 0.6 is 0 Å². The summed E-state index contributed by atoms with van der Waals surface area (Å²) in [5, 5.41) is 0. The van der Waals surface area contributed by atoms with Crippen molar-refractivity contribution in [1.29, 1.82) is 0 Å². The molecule has 0 fully saturated rings. The van der Waals surface area contributed by atoms with Gasteiger partial charge in [0.25, 0.3) is 0 Å². The molecule has 2 rings (SSSR count). The van der Waals surface area contributed by atoms with Gasteiger partial charge in [-0.25, -0.2) is 0 Å². The van der Waals surface area contributed by atoms with Gasteiger partial charge in [0, 0.05) is 12.8 Å². The van der Waals surface area contributed by atoms with Crippen molar-refractivity contribution < 1.29 is 4.79 Å². The van der Waals surface area contributed by atoms with E-state index < -0.39 is 0 Å². The van der Waals surface area contributed by atoms with E-state index >= 15 is 0 Å². The van der Waals surface area contributed by atoms with Crippen LogP contribution in [-0.2, 0) is 11.2 Å². The van der Waals surface area contributed by atoms with E-state index in [9.17, 15) is 4.79 Å². The SMILES string of the molecule is CC(C)CCC(=O)CC1CCCc2ccccc21. The largest absolute Gasteiger partial charge is 0.300 e. The number of fused-ring (bicyclic) bond motifs is 1. The Bertz CT molecular complexity index is 406. The zero-order valence-electron chi connectivity index (χ0n) is 11.6. The van der Waals surface area contributed by atoms with Gasteiger partial charge in [0.1, 0.15) is 5.78 Å². The smallest absolute Gasteiger partial charge is 0.133 e. The number of benzene rings is 1. The maximum atomic E-state index is 12.0. The van der Waals surface area contributed by atoms with Crippen LogP contribution in [0.5, 0.6) is 0 Å². The summed E-state index contributed by atoms with van der Waals surface area (Å²) in [7, 11) is 0. The molecule has 1 nitrogen and oxygen atoms in total. The summed E-state index contributed by atoms with van der Waals surface area (Å²) in [5.41, 5.74) is 2.90. The quantitative estimate of drug-likeness (QED) is 0.745. The average molecular weight is 244 g/mol. The van der Waals surface area contributed by atoms with Crippen molar-refractivity contribution in [3.05, 3.63) is 35.4 Å². The van der Waals surface area contributed by atoms with Crippen LogP contribution in [0, 0.1) is 5.92 Å². The summed E-state index contributed by atoms with van der Waals surface area (Å²) in [6, 6.07) is 8.66. The first-order valence-electron chi connectivity index (χ1n) is 7.26. The van der Waals surface area contributed by atoms with Gasteiger partial charge in [-0.15, -0.1) is 0 Å². The lowest BCUT2D eigenvalue weighted by Gasteiger charge is -2.25. The van der Waals surface area contributed by atoms with Crippen LogP contribution < -0.4 is 0 Å². The fraction of sp³-hybridized carbons (Fsp3) is 0.588. The second-order valence-corrected chi connectivity index (χ2v) is 5.96. The number of carbonyl (C=O) groups is 1. The summed E-state index contributed by atoms with van der Waals surface area (Å²) in [4.78, 5) is 12.0. The first kappa shape index (κ1) is 13.3. The first-order chi connectivity index (χ1) is 8.66. The highest BCUT2D eigenvalue weighted by molar-refractivity contribution is 5.79. The molecule has 0 aliphatic heterocycles. The van der Waals surface area contributed by atoms with Crippen LogP contribution in [0.15, 0.2) is 24.3 Å². The molecule has 1 atom stereocenters. The molecule has 0 saturated carbocycles. The lowest BCUT2D eigenvalue weighted by Crippen LogP contribution is -2.14. The van der Waals surface area contributed by atoms with Gasteiger partial charge in [0.05, 0.1) is 0 Å². The molecule has 0 amide bonds. The van der Waals surface area contributed by atoms with Gasteiger partial charge < -0.3 is 0 Å². The Labute approximate surface area is 111 Å². The number of Topliss-reactive ketones (excluding diaryl/α,β-unsaturated/α-hetero) is 1. The lowest BCUT2D eigenvalue weighted by atomic mass is 9.80. The Morgan fingerprint density at radius 1 is 1.33 bits per heavy atom. The maximum absolute atomic E-state index is 12.0. The Morgan fingerprint density at radius 3 is 2.89 bits per heavy atom. The molecule has 0 bridgehead atoms. The standard InChI is InChI=1S/C17H24O/c1-13(2)10-11-16(18)12-15-8-5-7-14-6-3-4-9-17(14)15/h3-4,6,9,13,15H,5,7-8,10-12H2,1-2H3. The molecular weight excluding hydrogens is 220 g/mol. The molecule has 1 heteroatoms. The number of aryl methyl sites for hydroxylation is 1. The van der Waals surface area contributed by atoms with Gasteiger partial charge in [-0.3, -0.25) is 4.79 Å². The van der Waals surface area contributed by atoms with E-state index in [0.29, 0.717) is 17.6 Å². The second-order valence-electron chi connectivity index (χ2n) is 5.96. The highest BCUT2D eigenvalue weighted by atomic mass is 16.1. The molecule has 18 heavy (non-hydrogen) atoms. The first-order valence-corrected chi connectivity index (χ1v) is 7.26. The maximum Gasteiger partial charge on any atom is 0.133 e. The van der Waals surface area contributed by atoms with Crippen LogP contribution in [0.2, 0.25) is 0 Å². The molecule has 0 spiro atoms. The molecule has 1 aliphatic carbocycles. The lowest BCUT2D eigenvalue weighted by molar-refractivity contribution is -0.119. The number of rotatable bonds is 5. The Balaban J connectivity index is 1.96. The van der Waals surface area contributed by atoms with Crippen molar-refractivity contribution in [1.82, 2.24) is 0 Å². The van der Waals surface area contributed by atoms with Crippen molar-refractivity contribution in [2.75, 3.05) is 0 Å². The third-order valence-corrected chi connectivity index (χ3v) is 3.97. The highest BCUT2D eigenvalue weighted by Crippen LogP contribution is 2.34. The predicted molar refractivity (Wildman–Crippen MR) is 75.8 cm³/mol. The van der Waals surface area contributed by atoms with Gasteiger partial charge in [-0.05, 0) is 48.6 Å². The predicted octanol–water partition coefficient (Wildman–Crippen LogP) is 4.50. The average Bonchev–Trinajstić information content (AvgIpc) is 2.37. The third kappa shape index (κ3) is 3.44. The highest BCUT2D eigenvalue weighted by Gasteiger charge is 2.21. The summed E-state index contributed by atoms with van der Waals surface area (Å²) < 4.78 is 0. The van der Waals surface area contributed by atoms with E-state index in [-0.39, 0.29) is 0 Å². The fourth-order valence-electron chi connectivity index (χ4n) is 2.89. The molecule has 0 heterocycles. The Morgan fingerprint density at radius 2 is 2.11 bits per heavy atom. The van der Waals surface area contributed by atoms with E-state index in [2.05, 4.69) is 38.1 Å². The van der Waals surface area contributed by atoms with E-state index in [1.54, 1.807) is 0 Å². The summed E-state index contributed by atoms with van der Waals surface area (Å²) >= 11 is 0. The minimum atomic E-state index is 0.449. The van der Waals surface area contributed by atoms with Crippen LogP contribution in [0.25, 0.3) is 0 Å². The monoisotopic (exact) mass is 244 g/mol. The van der Waals surface area contributed by atoms with E-state index in [4.69, 9.17) is 0 Å². The molecule has 0 N–H and O–H groups in total. The minimum Gasteiger partial charge on any atom is -0.300 e. The summed E-state index contributed by atoms with van der Waals surface area (Å²) in [5.74, 6) is 1.56. The minimum absolute atomic E-state index is 0.449. The van der Waals surface area contributed by atoms with Gasteiger partial charge in [0.2, 0.25) is 0 Å². The zero-order chi connectivity index (χ0) is 13.0. The number of ketones is 1. The van der Waals surface area contributed by atoms with Gasteiger partial charge >= 0.3 is 0 Å². The van der Waals surface area contributed by atoms with Crippen molar-refractivity contribution in [2.24, 2.45) is 5.92 Å². The van der Waals surface area contributed by atoms with Gasteiger partial charge in [-0.1, -0.05) is 38.1 Å². The topological polar surface area (TPSA) is 17.1 Å². The summed E-state index contributed by atoms with van der Waals surface area (Å²) in [6.07, 6.45) is 6.16. The van der Waals surface area contributed by atoms with E-state index in [0.717, 1.165) is 19.3 Å². The van der Waals surface area contributed by atoms with Crippen LogP contribution in [0.4, 0.5) is 0 Å². The van der Waals surface area contributed by atoms with Crippen LogP contribution in [0.3, 0.4) is 0 Å². The van der Waals surface area contributed by atoms with Gasteiger partial charge in [-0.2, -0.15) is 0 Å². The van der Waals surface area contributed by atoms with E-state index in [1.807, 2.05) is 0 Å². The number of hydrogen-bond acceptors (Lipinski definition) is 1. The zero-order valence-corrected chi connectivity index (χ0v) is 11.6. The third-order valence-electron chi connectivity index (χ3n) is 3.97. The van der Waals surface area contributed by atoms with Crippen molar-refractivity contribution in [3.63, 3.8) is 0 Å². The molecule has 98 valence electrons. The molecule has 0 radical (unpaired) electrons. The van der Waals surface area contributed by atoms with E-state index in [1.165, 1.54) is 30.4 Å². The number of carbonyl (C=O) groups excluding carboxylic acids is 1. The molecular formula is C17H24O. The number of hydrogen-bond donors (Lipinski definition) is 0. The van der Waals surface area contributed by atoms with Crippen LogP contribution in [-0.4, -0.2) is 5.78 Å². The van der Waals surface area contributed by atoms with Crippen molar-refractivity contribution in [3.8, 4) is 0 Å². The molecule has 1 aliphatic rings. The normalized spacial score (nSPS) is 18.7. The van der Waals surface area contributed by atoms with Gasteiger partial charge in [0.15, 0.2) is 0 Å². The van der Waals surface area contributed by atoms with Crippen LogP contribution in [0.1, 0.15) is 63.0 Å².